The third kappa shape index (κ3) is 4.44. The highest BCUT2D eigenvalue weighted by atomic mass is 32.2. The average Bonchev–Trinajstić information content (AvgIpc) is 2.37. The van der Waals surface area contributed by atoms with Crippen LogP contribution in [0.5, 0.6) is 5.75 Å². The van der Waals surface area contributed by atoms with Gasteiger partial charge in [-0.05, 0) is 24.0 Å². The number of ether oxygens (including phenoxy) is 1. The lowest BCUT2D eigenvalue weighted by Gasteiger charge is -2.08. The summed E-state index contributed by atoms with van der Waals surface area (Å²) in [5.74, 6) is 0.610. The molecular weight excluding hydrogens is 270 g/mol. The van der Waals surface area contributed by atoms with Crippen LogP contribution in [-0.4, -0.2) is 34.1 Å². The largest absolute Gasteiger partial charge is 0.492 e. The minimum atomic E-state index is -1.36. The number of hydrogen-bond acceptors (Lipinski definition) is 5. The number of carboxylic acid groups (broad SMARTS) is 1. The van der Waals surface area contributed by atoms with Gasteiger partial charge >= 0.3 is 5.97 Å². The highest BCUT2D eigenvalue weighted by Crippen LogP contribution is 2.28. The second-order valence-electron chi connectivity index (χ2n) is 3.61. The predicted octanol–water partition coefficient (Wildman–Crippen LogP) is 2.82. The van der Waals surface area contributed by atoms with Crippen LogP contribution in [0.1, 0.15) is 23.7 Å². The Labute approximate surface area is 114 Å². The van der Waals surface area contributed by atoms with E-state index in [-0.39, 0.29) is 5.75 Å². The molecule has 1 aromatic rings. The topological polar surface area (TPSA) is 89.7 Å². The van der Waals surface area contributed by atoms with Gasteiger partial charge in [-0.15, -0.1) is 0 Å². The van der Waals surface area contributed by atoms with Crippen molar-refractivity contribution in [2.75, 3.05) is 18.1 Å². The second kappa shape index (κ2) is 7.63. The van der Waals surface area contributed by atoms with Crippen LogP contribution < -0.4 is 4.74 Å². The fourth-order valence-electron chi connectivity index (χ4n) is 1.49. The Morgan fingerprint density at radius 1 is 1.53 bits per heavy atom. The number of nitrogens with zero attached hydrogens (tertiary/aromatic N) is 1. The van der Waals surface area contributed by atoms with E-state index in [0.717, 1.165) is 24.0 Å². The first-order valence-electron chi connectivity index (χ1n) is 5.79. The SMILES string of the molecule is CCSCCCOc1cccc([N+](=O)[O-])c1C(=O)O. The lowest BCUT2D eigenvalue weighted by molar-refractivity contribution is -0.385. The van der Waals surface area contributed by atoms with Gasteiger partial charge in [-0.3, -0.25) is 10.1 Å². The maximum absolute atomic E-state index is 11.1. The van der Waals surface area contributed by atoms with Crippen LogP contribution in [0.3, 0.4) is 0 Å². The minimum Gasteiger partial charge on any atom is -0.492 e. The van der Waals surface area contributed by atoms with E-state index >= 15 is 0 Å². The van der Waals surface area contributed by atoms with E-state index in [1.54, 1.807) is 11.8 Å². The normalized spacial score (nSPS) is 10.2. The van der Waals surface area contributed by atoms with Crippen LogP contribution in [0.25, 0.3) is 0 Å². The van der Waals surface area contributed by atoms with Gasteiger partial charge in [0.2, 0.25) is 0 Å². The first-order valence-corrected chi connectivity index (χ1v) is 6.94. The van der Waals surface area contributed by atoms with Gasteiger partial charge < -0.3 is 9.84 Å². The maximum Gasteiger partial charge on any atom is 0.346 e. The molecular formula is C12H15NO5S. The number of hydrogen-bond donors (Lipinski definition) is 1. The van der Waals surface area contributed by atoms with Crippen LogP contribution in [0.4, 0.5) is 5.69 Å². The molecule has 0 fully saturated rings. The molecule has 0 amide bonds. The van der Waals surface area contributed by atoms with Crippen LogP contribution in [0.2, 0.25) is 0 Å². The minimum absolute atomic E-state index is 0.0446. The highest BCUT2D eigenvalue weighted by molar-refractivity contribution is 7.99. The van der Waals surface area contributed by atoms with E-state index < -0.39 is 22.1 Å². The van der Waals surface area contributed by atoms with Gasteiger partial charge in [0.05, 0.1) is 11.5 Å². The zero-order chi connectivity index (χ0) is 14.3. The molecule has 7 heteroatoms. The number of thioether (sulfide) groups is 1. The molecule has 6 nitrogen and oxygen atoms in total. The molecule has 0 saturated heterocycles. The zero-order valence-electron chi connectivity index (χ0n) is 10.5. The molecule has 19 heavy (non-hydrogen) atoms. The molecule has 0 spiro atoms. The van der Waals surface area contributed by atoms with Gasteiger partial charge in [0.25, 0.3) is 5.69 Å². The number of nitro benzene ring substituents is 1. The molecule has 1 rings (SSSR count). The number of aromatic carboxylic acids is 1. The van der Waals surface area contributed by atoms with Crippen molar-refractivity contribution >= 4 is 23.4 Å². The zero-order valence-corrected chi connectivity index (χ0v) is 11.3. The van der Waals surface area contributed by atoms with E-state index in [2.05, 4.69) is 6.92 Å². The fourth-order valence-corrected chi connectivity index (χ4v) is 2.11. The molecule has 1 N–H and O–H groups in total. The van der Waals surface area contributed by atoms with Crippen molar-refractivity contribution < 1.29 is 19.6 Å². The van der Waals surface area contributed by atoms with Crippen molar-refractivity contribution in [3.8, 4) is 5.75 Å². The number of benzene rings is 1. The fraction of sp³-hybridized carbons (Fsp3) is 0.417. The molecule has 1 aromatic carbocycles. The molecule has 0 aliphatic carbocycles. The Morgan fingerprint density at radius 2 is 2.26 bits per heavy atom. The van der Waals surface area contributed by atoms with Crippen molar-refractivity contribution in [1.29, 1.82) is 0 Å². The van der Waals surface area contributed by atoms with E-state index in [1.807, 2.05) is 0 Å². The summed E-state index contributed by atoms with van der Waals surface area (Å²) in [7, 11) is 0. The van der Waals surface area contributed by atoms with Gasteiger partial charge in [0.15, 0.2) is 5.56 Å². The number of carbonyl (C=O) groups is 1. The third-order valence-electron chi connectivity index (χ3n) is 2.31. The summed E-state index contributed by atoms with van der Waals surface area (Å²) in [4.78, 5) is 21.2. The molecule has 0 aliphatic heterocycles. The summed E-state index contributed by atoms with van der Waals surface area (Å²) >= 11 is 1.76. The van der Waals surface area contributed by atoms with E-state index in [9.17, 15) is 14.9 Å². The molecule has 0 bridgehead atoms. The molecule has 0 radical (unpaired) electrons. The lowest BCUT2D eigenvalue weighted by Crippen LogP contribution is -2.08. The monoisotopic (exact) mass is 285 g/mol. The lowest BCUT2D eigenvalue weighted by atomic mass is 10.1. The van der Waals surface area contributed by atoms with Gasteiger partial charge in [-0.25, -0.2) is 4.79 Å². The van der Waals surface area contributed by atoms with E-state index in [1.165, 1.54) is 12.1 Å². The quantitative estimate of drug-likeness (QED) is 0.449. The Bertz CT molecular complexity index is 463. The number of rotatable bonds is 8. The Hall–Kier alpha value is -1.76. The van der Waals surface area contributed by atoms with Crippen LogP contribution in [0, 0.1) is 10.1 Å². The van der Waals surface area contributed by atoms with Crippen LogP contribution in [0.15, 0.2) is 18.2 Å². The van der Waals surface area contributed by atoms with E-state index in [0.29, 0.717) is 6.61 Å². The number of carboxylic acids is 1. The number of nitro groups is 1. The standard InChI is InChI=1S/C12H15NO5S/c1-2-19-8-4-7-18-10-6-3-5-9(13(16)17)11(10)12(14)15/h3,5-6H,2,4,7-8H2,1H3,(H,14,15). The predicted molar refractivity (Wildman–Crippen MR) is 73.2 cm³/mol. The third-order valence-corrected chi connectivity index (χ3v) is 3.30. The van der Waals surface area contributed by atoms with Gasteiger partial charge in [0.1, 0.15) is 5.75 Å². The summed E-state index contributed by atoms with van der Waals surface area (Å²) in [5.41, 5.74) is -0.844. The highest BCUT2D eigenvalue weighted by Gasteiger charge is 2.24. The van der Waals surface area contributed by atoms with Gasteiger partial charge in [0, 0.05) is 6.07 Å². The Balaban J connectivity index is 2.80. The molecule has 0 saturated carbocycles. The first kappa shape index (κ1) is 15.3. The summed E-state index contributed by atoms with van der Waals surface area (Å²) < 4.78 is 5.34. The van der Waals surface area contributed by atoms with Crippen LogP contribution >= 0.6 is 11.8 Å². The van der Waals surface area contributed by atoms with Crippen molar-refractivity contribution in [2.45, 2.75) is 13.3 Å². The summed E-state index contributed by atoms with van der Waals surface area (Å²) in [6.45, 7) is 2.39. The smallest absolute Gasteiger partial charge is 0.346 e. The Kier molecular flexibility index (Phi) is 6.14. The summed E-state index contributed by atoms with van der Waals surface area (Å²) in [6.07, 6.45) is 0.764. The molecule has 104 valence electrons. The van der Waals surface area contributed by atoms with Crippen molar-refractivity contribution in [3.63, 3.8) is 0 Å². The Morgan fingerprint density at radius 3 is 2.84 bits per heavy atom. The molecule has 0 aromatic heterocycles. The van der Waals surface area contributed by atoms with Crippen molar-refractivity contribution in [3.05, 3.63) is 33.9 Å². The van der Waals surface area contributed by atoms with Crippen molar-refractivity contribution in [1.82, 2.24) is 0 Å². The molecule has 0 heterocycles. The first-order chi connectivity index (χ1) is 9.07. The van der Waals surface area contributed by atoms with E-state index in [4.69, 9.17) is 9.84 Å². The average molecular weight is 285 g/mol. The van der Waals surface area contributed by atoms with Gasteiger partial charge in [-0.1, -0.05) is 13.0 Å². The maximum atomic E-state index is 11.1. The second-order valence-corrected chi connectivity index (χ2v) is 5.01. The summed E-state index contributed by atoms with van der Waals surface area (Å²) in [5, 5.41) is 19.8. The molecule has 0 atom stereocenters. The molecule has 0 unspecified atom stereocenters. The summed E-state index contributed by atoms with van der Waals surface area (Å²) in [6, 6.07) is 4.01. The van der Waals surface area contributed by atoms with Crippen molar-refractivity contribution in [2.24, 2.45) is 0 Å². The van der Waals surface area contributed by atoms with Crippen LogP contribution in [-0.2, 0) is 0 Å². The molecule has 0 aliphatic rings. The van der Waals surface area contributed by atoms with Gasteiger partial charge in [-0.2, -0.15) is 11.8 Å².